The van der Waals surface area contributed by atoms with Gasteiger partial charge in [0, 0.05) is 24.3 Å². The van der Waals surface area contributed by atoms with E-state index in [1.54, 1.807) is 0 Å². The average Bonchev–Trinajstić information content (AvgIpc) is 2.83. The minimum atomic E-state index is 0.475. The number of hydrogen-bond acceptors (Lipinski definition) is 2. The van der Waals surface area contributed by atoms with Crippen LogP contribution in [0, 0.1) is 19.3 Å². The van der Waals surface area contributed by atoms with Crippen LogP contribution >= 0.6 is 11.6 Å². The standard InChI is InChI=1S/C16H25ClN2/c1-5-16(6-2)7-8-19(11-16)15-14(10-17)12(3)9-13(4)18-15/h9H,5-8,10-11H2,1-4H3. The van der Waals surface area contributed by atoms with Crippen molar-refractivity contribution in [2.45, 2.75) is 52.8 Å². The number of aromatic nitrogens is 1. The predicted octanol–water partition coefficient (Wildman–Crippen LogP) is 4.45. The molecule has 1 aliphatic rings. The van der Waals surface area contributed by atoms with E-state index in [-0.39, 0.29) is 0 Å². The smallest absolute Gasteiger partial charge is 0.133 e. The van der Waals surface area contributed by atoms with Crippen molar-refractivity contribution in [3.8, 4) is 0 Å². The van der Waals surface area contributed by atoms with Crippen molar-refractivity contribution in [3.63, 3.8) is 0 Å². The molecule has 0 amide bonds. The van der Waals surface area contributed by atoms with Crippen molar-refractivity contribution in [2.75, 3.05) is 18.0 Å². The minimum Gasteiger partial charge on any atom is -0.356 e. The lowest BCUT2D eigenvalue weighted by atomic mass is 9.82. The van der Waals surface area contributed by atoms with Crippen LogP contribution < -0.4 is 4.90 Å². The van der Waals surface area contributed by atoms with Gasteiger partial charge in [-0.15, -0.1) is 11.6 Å². The van der Waals surface area contributed by atoms with Crippen LogP contribution in [0.15, 0.2) is 6.07 Å². The number of aryl methyl sites for hydroxylation is 2. The lowest BCUT2D eigenvalue weighted by Crippen LogP contribution is -2.27. The molecule has 1 saturated heterocycles. The van der Waals surface area contributed by atoms with Crippen molar-refractivity contribution in [2.24, 2.45) is 5.41 Å². The second-order valence-electron chi connectivity index (χ2n) is 5.89. The normalized spacial score (nSPS) is 18.1. The molecular formula is C16H25ClN2. The summed E-state index contributed by atoms with van der Waals surface area (Å²) in [6, 6.07) is 2.13. The Morgan fingerprint density at radius 1 is 1.32 bits per heavy atom. The first-order valence-electron chi connectivity index (χ1n) is 7.33. The Labute approximate surface area is 122 Å². The van der Waals surface area contributed by atoms with E-state index in [1.165, 1.54) is 30.4 Å². The lowest BCUT2D eigenvalue weighted by Gasteiger charge is -2.28. The number of anilines is 1. The maximum Gasteiger partial charge on any atom is 0.133 e. The topological polar surface area (TPSA) is 16.1 Å². The lowest BCUT2D eigenvalue weighted by molar-refractivity contribution is 0.301. The second-order valence-corrected chi connectivity index (χ2v) is 6.16. The van der Waals surface area contributed by atoms with Crippen LogP contribution in [0.25, 0.3) is 0 Å². The van der Waals surface area contributed by atoms with Crippen LogP contribution in [0.4, 0.5) is 5.82 Å². The molecule has 2 rings (SSSR count). The third kappa shape index (κ3) is 2.74. The fraction of sp³-hybridized carbons (Fsp3) is 0.688. The highest BCUT2D eigenvalue weighted by Gasteiger charge is 2.36. The van der Waals surface area contributed by atoms with Gasteiger partial charge in [0.15, 0.2) is 0 Å². The molecule has 1 aromatic rings. The molecule has 2 heterocycles. The summed E-state index contributed by atoms with van der Waals surface area (Å²) < 4.78 is 0. The SMILES string of the molecule is CCC1(CC)CCN(c2nc(C)cc(C)c2CCl)C1. The summed E-state index contributed by atoms with van der Waals surface area (Å²) >= 11 is 6.14. The van der Waals surface area contributed by atoms with Crippen molar-refractivity contribution in [1.29, 1.82) is 0 Å². The molecule has 2 nitrogen and oxygen atoms in total. The Kier molecular flexibility index (Phi) is 4.39. The predicted molar refractivity (Wildman–Crippen MR) is 83.1 cm³/mol. The van der Waals surface area contributed by atoms with Crippen molar-refractivity contribution in [3.05, 3.63) is 22.9 Å². The highest BCUT2D eigenvalue weighted by Crippen LogP contribution is 2.40. The number of pyridine rings is 1. The number of hydrogen-bond donors (Lipinski definition) is 0. The van der Waals surface area contributed by atoms with Crippen LogP contribution in [-0.4, -0.2) is 18.1 Å². The van der Waals surface area contributed by atoms with Crippen LogP contribution in [0.5, 0.6) is 0 Å². The summed E-state index contributed by atoms with van der Waals surface area (Å²) in [6.45, 7) is 11.1. The largest absolute Gasteiger partial charge is 0.356 e. The third-order valence-corrected chi connectivity index (χ3v) is 5.09. The fourth-order valence-electron chi connectivity index (χ4n) is 3.21. The summed E-state index contributed by atoms with van der Waals surface area (Å²) in [5.41, 5.74) is 4.04. The van der Waals surface area contributed by atoms with E-state index in [2.05, 4.69) is 38.7 Å². The maximum atomic E-state index is 6.14. The maximum absolute atomic E-state index is 6.14. The van der Waals surface area contributed by atoms with E-state index in [4.69, 9.17) is 16.6 Å². The van der Waals surface area contributed by atoms with Crippen LogP contribution in [0.1, 0.15) is 49.9 Å². The van der Waals surface area contributed by atoms with Crippen LogP contribution in [-0.2, 0) is 5.88 Å². The molecule has 0 aromatic carbocycles. The molecule has 0 saturated carbocycles. The summed E-state index contributed by atoms with van der Waals surface area (Å²) in [4.78, 5) is 7.21. The third-order valence-electron chi connectivity index (χ3n) is 4.83. The Morgan fingerprint density at radius 3 is 2.53 bits per heavy atom. The zero-order valence-corrected chi connectivity index (χ0v) is 13.3. The average molecular weight is 281 g/mol. The molecule has 1 aliphatic heterocycles. The highest BCUT2D eigenvalue weighted by atomic mass is 35.5. The Bertz CT molecular complexity index is 452. The van der Waals surface area contributed by atoms with Gasteiger partial charge in [0.25, 0.3) is 0 Å². The molecule has 0 atom stereocenters. The van der Waals surface area contributed by atoms with E-state index in [9.17, 15) is 0 Å². The van der Waals surface area contributed by atoms with Crippen LogP contribution in [0.3, 0.4) is 0 Å². The van der Waals surface area contributed by atoms with Gasteiger partial charge in [0.1, 0.15) is 5.82 Å². The van der Waals surface area contributed by atoms with Gasteiger partial charge in [-0.05, 0) is 50.2 Å². The number of alkyl halides is 1. The first-order chi connectivity index (χ1) is 9.05. The Hall–Kier alpha value is -0.760. The Balaban J connectivity index is 2.33. The second kappa shape index (κ2) is 5.70. The molecule has 3 heteroatoms. The highest BCUT2D eigenvalue weighted by molar-refractivity contribution is 6.17. The van der Waals surface area contributed by atoms with Gasteiger partial charge in [0.05, 0.1) is 5.88 Å². The van der Waals surface area contributed by atoms with E-state index in [0.29, 0.717) is 11.3 Å². The van der Waals surface area contributed by atoms with Gasteiger partial charge < -0.3 is 4.90 Å². The van der Waals surface area contributed by atoms with Crippen molar-refractivity contribution < 1.29 is 0 Å². The molecule has 0 bridgehead atoms. The van der Waals surface area contributed by atoms with Gasteiger partial charge in [-0.25, -0.2) is 4.98 Å². The molecular weight excluding hydrogens is 256 g/mol. The van der Waals surface area contributed by atoms with E-state index in [0.717, 1.165) is 24.6 Å². The minimum absolute atomic E-state index is 0.475. The molecule has 0 spiro atoms. The molecule has 1 fully saturated rings. The summed E-state index contributed by atoms with van der Waals surface area (Å²) in [5.74, 6) is 1.67. The van der Waals surface area contributed by atoms with Gasteiger partial charge in [-0.2, -0.15) is 0 Å². The number of rotatable bonds is 4. The quantitative estimate of drug-likeness (QED) is 0.757. The number of nitrogens with zero attached hydrogens (tertiary/aromatic N) is 2. The summed E-state index contributed by atoms with van der Waals surface area (Å²) in [5, 5.41) is 0. The number of halogens is 1. The van der Waals surface area contributed by atoms with Crippen LogP contribution in [0.2, 0.25) is 0 Å². The molecule has 0 aliphatic carbocycles. The van der Waals surface area contributed by atoms with Gasteiger partial charge in [0.2, 0.25) is 0 Å². The molecule has 19 heavy (non-hydrogen) atoms. The molecule has 0 unspecified atom stereocenters. The monoisotopic (exact) mass is 280 g/mol. The molecule has 0 N–H and O–H groups in total. The first kappa shape index (κ1) is 14.6. The van der Waals surface area contributed by atoms with Crippen molar-refractivity contribution >= 4 is 17.4 Å². The van der Waals surface area contributed by atoms with Crippen molar-refractivity contribution in [1.82, 2.24) is 4.98 Å². The van der Waals surface area contributed by atoms with Gasteiger partial charge in [-0.1, -0.05) is 13.8 Å². The zero-order valence-electron chi connectivity index (χ0n) is 12.6. The first-order valence-corrected chi connectivity index (χ1v) is 7.86. The Morgan fingerprint density at radius 2 is 2.00 bits per heavy atom. The van der Waals surface area contributed by atoms with E-state index in [1.807, 2.05) is 0 Å². The fourth-order valence-corrected chi connectivity index (χ4v) is 3.54. The molecule has 1 aromatic heterocycles. The van der Waals surface area contributed by atoms with E-state index < -0.39 is 0 Å². The van der Waals surface area contributed by atoms with Gasteiger partial charge >= 0.3 is 0 Å². The molecule has 0 radical (unpaired) electrons. The summed E-state index contributed by atoms with van der Waals surface area (Å²) in [6.07, 6.45) is 3.78. The zero-order chi connectivity index (χ0) is 14.0. The summed E-state index contributed by atoms with van der Waals surface area (Å²) in [7, 11) is 0. The van der Waals surface area contributed by atoms with E-state index >= 15 is 0 Å². The molecule has 106 valence electrons. The van der Waals surface area contributed by atoms with Gasteiger partial charge in [-0.3, -0.25) is 0 Å².